The van der Waals surface area contributed by atoms with Gasteiger partial charge in [-0.1, -0.05) is 0 Å². The summed E-state index contributed by atoms with van der Waals surface area (Å²) in [7, 11) is 3.96. The summed E-state index contributed by atoms with van der Waals surface area (Å²) in [6, 6.07) is 11.4. The number of likely N-dealkylation sites (tertiary alicyclic amines) is 1. The van der Waals surface area contributed by atoms with Gasteiger partial charge in [0.05, 0.1) is 24.8 Å². The van der Waals surface area contributed by atoms with Crippen molar-refractivity contribution >= 4 is 5.69 Å². The van der Waals surface area contributed by atoms with Crippen LogP contribution < -0.4 is 9.64 Å². The summed E-state index contributed by atoms with van der Waals surface area (Å²) >= 11 is 0. The third-order valence-electron chi connectivity index (χ3n) is 8.72. The lowest BCUT2D eigenvalue weighted by Crippen LogP contribution is -2.51. The molecule has 2 aromatic carbocycles. The second kappa shape index (κ2) is 11.5. The second-order valence-electron chi connectivity index (χ2n) is 11.6. The molecule has 0 amide bonds. The van der Waals surface area contributed by atoms with Gasteiger partial charge in [0.2, 0.25) is 0 Å². The van der Waals surface area contributed by atoms with Gasteiger partial charge in [-0.15, -0.1) is 0 Å². The molecule has 40 heavy (non-hydrogen) atoms. The Morgan fingerprint density at radius 1 is 0.925 bits per heavy atom. The van der Waals surface area contributed by atoms with Crippen LogP contribution in [0.25, 0.3) is 0 Å². The Morgan fingerprint density at radius 3 is 2.30 bits per heavy atom. The van der Waals surface area contributed by atoms with E-state index in [2.05, 4.69) is 4.90 Å². The maximum Gasteiger partial charge on any atom is 0.168 e. The number of phenolic OH excluding ortho intramolecular Hbond substituents is 2. The number of rotatable bonds is 6. The maximum atomic E-state index is 10.8. The predicted octanol–water partition coefficient (Wildman–Crippen LogP) is 5.30. The van der Waals surface area contributed by atoms with Crippen LogP contribution in [0.2, 0.25) is 0 Å². The highest BCUT2D eigenvalue weighted by Crippen LogP contribution is 2.44. The minimum absolute atomic E-state index is 0.0628. The van der Waals surface area contributed by atoms with E-state index >= 15 is 0 Å². The Hall–Kier alpha value is -2.98. The molecular weight excluding hydrogens is 510 g/mol. The van der Waals surface area contributed by atoms with Gasteiger partial charge in [0, 0.05) is 70.1 Å². The van der Waals surface area contributed by atoms with Gasteiger partial charge >= 0.3 is 0 Å². The lowest BCUT2D eigenvalue weighted by molar-refractivity contribution is -0.283. The molecule has 2 saturated heterocycles. The van der Waals surface area contributed by atoms with Crippen molar-refractivity contribution in [1.82, 2.24) is 9.96 Å². The highest BCUT2D eigenvalue weighted by Gasteiger charge is 2.41. The van der Waals surface area contributed by atoms with Crippen LogP contribution in [0.3, 0.4) is 0 Å². The predicted molar refractivity (Wildman–Crippen MR) is 152 cm³/mol. The molecule has 0 aromatic heterocycles. The van der Waals surface area contributed by atoms with Crippen LogP contribution in [-0.4, -0.2) is 78.4 Å². The van der Waals surface area contributed by atoms with Gasteiger partial charge in [-0.3, -0.25) is 9.90 Å². The number of hydrogen-bond donors (Lipinski definition) is 2. The molecule has 1 saturated carbocycles. The standard InChI is InChI=1S/C31H41N3O6/c1-32(2)22-4-6-26(7-5-22)39-29-21-25(35)20-27(36)30(29)28-12-17-34(40-28)24-10-15-33(16-11-24)23-8-13-31(14-9-23)37-18-3-19-38-31/h4-7,12,17,20-21,23-24,28,35-36H,3,8-11,13-16,18-19H2,1-2H3. The molecule has 3 fully saturated rings. The monoisotopic (exact) mass is 551 g/mol. The Labute approximate surface area is 236 Å². The Morgan fingerprint density at radius 2 is 1.62 bits per heavy atom. The summed E-state index contributed by atoms with van der Waals surface area (Å²) in [6.07, 6.45) is 10.6. The smallest absolute Gasteiger partial charge is 0.168 e. The maximum absolute atomic E-state index is 10.8. The van der Waals surface area contributed by atoms with Gasteiger partial charge in [-0.25, -0.2) is 0 Å². The first-order valence-electron chi connectivity index (χ1n) is 14.6. The first kappa shape index (κ1) is 27.2. The molecule has 2 aromatic rings. The van der Waals surface area contributed by atoms with Gasteiger partial charge in [0.25, 0.3) is 0 Å². The van der Waals surface area contributed by atoms with Crippen LogP contribution in [0.1, 0.15) is 56.6 Å². The third kappa shape index (κ3) is 5.74. The van der Waals surface area contributed by atoms with Gasteiger partial charge in [0.1, 0.15) is 29.1 Å². The van der Waals surface area contributed by atoms with Crippen LogP contribution in [0.5, 0.6) is 23.0 Å². The molecule has 2 N–H and O–H groups in total. The quantitative estimate of drug-likeness (QED) is 0.497. The molecule has 3 aliphatic heterocycles. The fourth-order valence-corrected chi connectivity index (χ4v) is 6.45. The van der Waals surface area contributed by atoms with E-state index in [1.807, 2.05) is 60.6 Å². The normalized spacial score (nSPS) is 24.1. The number of phenols is 2. The van der Waals surface area contributed by atoms with Gasteiger partial charge in [0.15, 0.2) is 5.79 Å². The molecule has 3 heterocycles. The van der Waals surface area contributed by atoms with Crippen LogP contribution in [-0.2, 0) is 14.3 Å². The minimum Gasteiger partial charge on any atom is -0.508 e. The zero-order valence-corrected chi connectivity index (χ0v) is 23.5. The summed E-state index contributed by atoms with van der Waals surface area (Å²) < 4.78 is 18.2. The number of hydrogen-bond acceptors (Lipinski definition) is 9. The molecule has 4 aliphatic rings. The average Bonchev–Trinajstić information content (AvgIpc) is 3.44. The van der Waals surface area contributed by atoms with E-state index in [1.165, 1.54) is 12.1 Å². The molecule has 0 radical (unpaired) electrons. The van der Waals surface area contributed by atoms with Crippen molar-refractivity contribution in [2.45, 2.75) is 68.9 Å². The Bertz CT molecular complexity index is 1180. The molecule has 9 heteroatoms. The fourth-order valence-electron chi connectivity index (χ4n) is 6.45. The summed E-state index contributed by atoms with van der Waals surface area (Å²) in [5, 5.41) is 22.9. The van der Waals surface area contributed by atoms with Crippen molar-refractivity contribution in [2.24, 2.45) is 0 Å². The minimum atomic E-state index is -0.514. The lowest BCUT2D eigenvalue weighted by atomic mass is 9.87. The van der Waals surface area contributed by atoms with Gasteiger partial charge in [-0.2, -0.15) is 0 Å². The van der Waals surface area contributed by atoms with E-state index in [4.69, 9.17) is 19.0 Å². The topological polar surface area (TPSA) is 87.1 Å². The van der Waals surface area contributed by atoms with E-state index in [0.717, 1.165) is 76.9 Å². The van der Waals surface area contributed by atoms with Gasteiger partial charge in [-0.05, 0) is 62.4 Å². The number of aromatic hydroxyl groups is 2. The summed E-state index contributed by atoms with van der Waals surface area (Å²) in [5.41, 5.74) is 1.55. The number of anilines is 1. The van der Waals surface area contributed by atoms with Crippen molar-refractivity contribution in [2.75, 3.05) is 45.3 Å². The van der Waals surface area contributed by atoms with Crippen LogP contribution >= 0.6 is 0 Å². The highest BCUT2D eigenvalue weighted by atomic mass is 16.7. The number of piperidine rings is 1. The van der Waals surface area contributed by atoms with Crippen molar-refractivity contribution < 1.29 is 29.3 Å². The van der Waals surface area contributed by atoms with Crippen LogP contribution in [0.4, 0.5) is 5.69 Å². The van der Waals surface area contributed by atoms with E-state index in [9.17, 15) is 10.2 Å². The molecule has 1 atom stereocenters. The molecule has 216 valence electrons. The highest BCUT2D eigenvalue weighted by molar-refractivity contribution is 5.54. The zero-order valence-electron chi connectivity index (χ0n) is 23.5. The number of benzene rings is 2. The number of hydroxylamine groups is 2. The molecular formula is C31H41N3O6. The molecule has 1 aliphatic carbocycles. The SMILES string of the molecule is CN(C)c1ccc(Oc2cc(O)cc(O)c2C2C=CN(C3CCN(C4CCC5(CC4)OCCCO5)CC3)O2)cc1. The van der Waals surface area contributed by atoms with Crippen molar-refractivity contribution in [3.05, 3.63) is 54.2 Å². The first-order chi connectivity index (χ1) is 19.4. The first-order valence-corrected chi connectivity index (χ1v) is 14.6. The van der Waals surface area contributed by atoms with E-state index in [1.54, 1.807) is 0 Å². The summed E-state index contributed by atoms with van der Waals surface area (Å²) in [5.74, 6) is 0.518. The van der Waals surface area contributed by atoms with Crippen molar-refractivity contribution in [1.29, 1.82) is 0 Å². The van der Waals surface area contributed by atoms with E-state index in [0.29, 0.717) is 23.1 Å². The average molecular weight is 552 g/mol. The second-order valence-corrected chi connectivity index (χ2v) is 11.6. The van der Waals surface area contributed by atoms with E-state index in [-0.39, 0.29) is 23.3 Å². The molecule has 6 rings (SSSR count). The fraction of sp³-hybridized carbons (Fsp3) is 0.548. The Kier molecular flexibility index (Phi) is 7.81. The largest absolute Gasteiger partial charge is 0.508 e. The number of ether oxygens (including phenoxy) is 3. The summed E-state index contributed by atoms with van der Waals surface area (Å²) in [4.78, 5) is 11.0. The summed E-state index contributed by atoms with van der Waals surface area (Å²) in [6.45, 7) is 3.70. The van der Waals surface area contributed by atoms with E-state index < -0.39 is 6.10 Å². The lowest BCUT2D eigenvalue weighted by Gasteiger charge is -2.46. The molecule has 9 nitrogen and oxygen atoms in total. The molecule has 1 unspecified atom stereocenters. The Balaban J connectivity index is 1.06. The zero-order chi connectivity index (χ0) is 27.7. The van der Waals surface area contributed by atoms with Crippen LogP contribution in [0, 0.1) is 0 Å². The molecule has 1 spiro atoms. The third-order valence-corrected chi connectivity index (χ3v) is 8.72. The van der Waals surface area contributed by atoms with Crippen LogP contribution in [0.15, 0.2) is 48.7 Å². The van der Waals surface area contributed by atoms with Crippen molar-refractivity contribution in [3.63, 3.8) is 0 Å². The van der Waals surface area contributed by atoms with Crippen molar-refractivity contribution in [3.8, 4) is 23.0 Å². The number of nitrogens with zero attached hydrogens (tertiary/aromatic N) is 3. The van der Waals surface area contributed by atoms with Gasteiger partial charge < -0.3 is 34.2 Å². The molecule has 0 bridgehead atoms.